The van der Waals surface area contributed by atoms with Crippen molar-refractivity contribution in [2.45, 2.75) is 84.7 Å². The second kappa shape index (κ2) is 20.3. The summed E-state index contributed by atoms with van der Waals surface area (Å²) in [6, 6.07) is 0. The van der Waals surface area contributed by atoms with Gasteiger partial charge in [0.1, 0.15) is 5.60 Å². The molecule has 0 aliphatic rings. The minimum Gasteiger partial charge on any atom is -0.444 e. The average molecular weight is 445 g/mol. The SMILES string of the molecule is CC/C=C\C/C=C\C/C=C\C/C=C\C/C=C\CCCC(=O)NCCNC(=O)OC(C)(C)C. The zero-order chi connectivity index (χ0) is 23.9. The fourth-order valence-corrected chi connectivity index (χ4v) is 2.52. The van der Waals surface area contributed by atoms with Crippen molar-refractivity contribution in [3.05, 3.63) is 60.8 Å². The molecule has 0 fully saturated rings. The van der Waals surface area contributed by atoms with Crippen LogP contribution < -0.4 is 10.6 Å². The third-order valence-electron chi connectivity index (χ3n) is 4.05. The highest BCUT2D eigenvalue weighted by Crippen LogP contribution is 2.06. The molecule has 32 heavy (non-hydrogen) atoms. The fourth-order valence-electron chi connectivity index (χ4n) is 2.52. The van der Waals surface area contributed by atoms with Gasteiger partial charge in [-0.05, 0) is 65.7 Å². The van der Waals surface area contributed by atoms with Gasteiger partial charge in [0.05, 0.1) is 0 Å². The van der Waals surface area contributed by atoms with Crippen LogP contribution in [-0.4, -0.2) is 30.7 Å². The van der Waals surface area contributed by atoms with Crippen LogP contribution in [0.3, 0.4) is 0 Å². The van der Waals surface area contributed by atoms with E-state index in [4.69, 9.17) is 4.74 Å². The predicted octanol–water partition coefficient (Wildman–Crippen LogP) is 6.55. The maximum absolute atomic E-state index is 11.8. The number of nitrogens with one attached hydrogen (secondary N) is 2. The molecule has 0 aliphatic carbocycles. The number of carbonyl (C=O) groups is 2. The summed E-state index contributed by atoms with van der Waals surface area (Å²) >= 11 is 0. The van der Waals surface area contributed by atoms with Crippen molar-refractivity contribution in [2.24, 2.45) is 0 Å². The lowest BCUT2D eigenvalue weighted by molar-refractivity contribution is -0.121. The number of rotatable bonds is 16. The van der Waals surface area contributed by atoms with Gasteiger partial charge in [0.2, 0.25) is 5.91 Å². The third-order valence-corrected chi connectivity index (χ3v) is 4.05. The van der Waals surface area contributed by atoms with Crippen LogP contribution in [-0.2, 0) is 9.53 Å². The number of hydrogen-bond acceptors (Lipinski definition) is 3. The monoisotopic (exact) mass is 444 g/mol. The Hall–Kier alpha value is -2.56. The third kappa shape index (κ3) is 23.7. The Kier molecular flexibility index (Phi) is 18.7. The number of ether oxygens (including phenoxy) is 1. The summed E-state index contributed by atoms with van der Waals surface area (Å²) < 4.78 is 5.13. The quantitative estimate of drug-likeness (QED) is 0.209. The van der Waals surface area contributed by atoms with Crippen molar-refractivity contribution in [2.75, 3.05) is 13.1 Å². The van der Waals surface area contributed by atoms with Gasteiger partial charge in [-0.15, -0.1) is 0 Å². The van der Waals surface area contributed by atoms with Gasteiger partial charge >= 0.3 is 6.09 Å². The van der Waals surface area contributed by atoms with E-state index in [9.17, 15) is 9.59 Å². The van der Waals surface area contributed by atoms with Gasteiger partial charge in [-0.25, -0.2) is 4.79 Å². The van der Waals surface area contributed by atoms with E-state index >= 15 is 0 Å². The van der Waals surface area contributed by atoms with Crippen molar-refractivity contribution in [1.82, 2.24) is 10.6 Å². The van der Waals surface area contributed by atoms with Crippen LogP contribution in [0.1, 0.15) is 79.1 Å². The van der Waals surface area contributed by atoms with Gasteiger partial charge in [-0.3, -0.25) is 4.79 Å². The van der Waals surface area contributed by atoms with Crippen molar-refractivity contribution in [1.29, 1.82) is 0 Å². The summed E-state index contributed by atoms with van der Waals surface area (Å²) in [6.07, 6.45) is 28.5. The van der Waals surface area contributed by atoms with E-state index in [1.165, 1.54) is 0 Å². The summed E-state index contributed by atoms with van der Waals surface area (Å²) in [4.78, 5) is 23.3. The Morgan fingerprint density at radius 1 is 0.719 bits per heavy atom. The summed E-state index contributed by atoms with van der Waals surface area (Å²) in [5, 5.41) is 5.42. The lowest BCUT2D eigenvalue weighted by Crippen LogP contribution is -2.37. The molecule has 0 aliphatic heterocycles. The number of unbranched alkanes of at least 4 members (excludes halogenated alkanes) is 1. The number of allylic oxidation sites excluding steroid dienone is 10. The normalized spacial score (nSPS) is 12.6. The molecule has 180 valence electrons. The highest BCUT2D eigenvalue weighted by molar-refractivity contribution is 5.75. The van der Waals surface area contributed by atoms with Crippen LogP contribution in [0.2, 0.25) is 0 Å². The molecule has 0 rings (SSSR count). The second-order valence-electron chi connectivity index (χ2n) is 8.38. The molecule has 5 heteroatoms. The fraction of sp³-hybridized carbons (Fsp3) is 0.556. The molecule has 0 saturated heterocycles. The molecule has 0 aromatic heterocycles. The molecular formula is C27H44N2O3. The molecule has 0 heterocycles. The van der Waals surface area contributed by atoms with Crippen molar-refractivity contribution in [3.8, 4) is 0 Å². The zero-order valence-electron chi connectivity index (χ0n) is 20.6. The minimum absolute atomic E-state index is 0.00309. The molecule has 2 N–H and O–H groups in total. The molecule has 0 unspecified atom stereocenters. The maximum Gasteiger partial charge on any atom is 0.407 e. The summed E-state index contributed by atoms with van der Waals surface area (Å²) in [7, 11) is 0. The largest absolute Gasteiger partial charge is 0.444 e. The number of amides is 2. The summed E-state index contributed by atoms with van der Waals surface area (Å²) in [6.45, 7) is 8.34. The van der Waals surface area contributed by atoms with E-state index in [0.29, 0.717) is 19.5 Å². The Labute approximate surface area is 195 Å². The van der Waals surface area contributed by atoms with E-state index in [1.807, 2.05) is 20.8 Å². The first-order valence-electron chi connectivity index (χ1n) is 11.8. The molecule has 0 spiro atoms. The van der Waals surface area contributed by atoms with E-state index < -0.39 is 11.7 Å². The van der Waals surface area contributed by atoms with Crippen LogP contribution in [0.4, 0.5) is 4.79 Å². The minimum atomic E-state index is -0.517. The number of alkyl carbamates (subject to hydrolysis) is 1. The molecule has 2 amide bonds. The average Bonchev–Trinajstić information content (AvgIpc) is 2.72. The van der Waals surface area contributed by atoms with Crippen LogP contribution >= 0.6 is 0 Å². The molecule has 0 radical (unpaired) electrons. The van der Waals surface area contributed by atoms with Crippen LogP contribution in [0, 0.1) is 0 Å². The number of hydrogen-bond donors (Lipinski definition) is 2. The topological polar surface area (TPSA) is 67.4 Å². The molecule has 0 aromatic carbocycles. The highest BCUT2D eigenvalue weighted by atomic mass is 16.6. The molecule has 0 saturated carbocycles. The van der Waals surface area contributed by atoms with Gasteiger partial charge in [-0.2, -0.15) is 0 Å². The van der Waals surface area contributed by atoms with Gasteiger partial charge in [0.25, 0.3) is 0 Å². The highest BCUT2D eigenvalue weighted by Gasteiger charge is 2.15. The Morgan fingerprint density at radius 2 is 1.19 bits per heavy atom. The molecule has 5 nitrogen and oxygen atoms in total. The molecule has 0 atom stereocenters. The molecule has 0 bridgehead atoms. The maximum atomic E-state index is 11.8. The standard InChI is InChI=1S/C27H44N2O3/c1-5-6-7-8-9-10-11-12-13-14-15-16-17-18-19-20-21-22-25(30)28-23-24-29-26(31)32-27(2,3)4/h6-7,9-10,12-13,15-16,18-19H,5,8,11,14,17,20-24H2,1-4H3,(H,28,30)(H,29,31)/b7-6-,10-9-,13-12-,16-15-,19-18-. The first-order valence-corrected chi connectivity index (χ1v) is 11.8. The van der Waals surface area contributed by atoms with E-state index in [2.05, 4.69) is 78.3 Å². The predicted molar refractivity (Wildman–Crippen MR) is 136 cm³/mol. The summed E-state index contributed by atoms with van der Waals surface area (Å²) in [5.41, 5.74) is -0.517. The first-order chi connectivity index (χ1) is 15.3. The van der Waals surface area contributed by atoms with Crippen molar-refractivity contribution >= 4 is 12.0 Å². The van der Waals surface area contributed by atoms with Crippen molar-refractivity contribution < 1.29 is 14.3 Å². The lowest BCUT2D eigenvalue weighted by atomic mass is 10.2. The van der Waals surface area contributed by atoms with E-state index in [0.717, 1.165) is 44.9 Å². The van der Waals surface area contributed by atoms with Gasteiger partial charge in [0.15, 0.2) is 0 Å². The van der Waals surface area contributed by atoms with Gasteiger partial charge in [0, 0.05) is 19.5 Å². The van der Waals surface area contributed by atoms with Crippen LogP contribution in [0.25, 0.3) is 0 Å². The van der Waals surface area contributed by atoms with Crippen LogP contribution in [0.15, 0.2) is 60.8 Å². The van der Waals surface area contributed by atoms with E-state index in [-0.39, 0.29) is 5.91 Å². The molecule has 0 aromatic rings. The van der Waals surface area contributed by atoms with Gasteiger partial charge < -0.3 is 15.4 Å². The Morgan fingerprint density at radius 3 is 1.69 bits per heavy atom. The molecular weight excluding hydrogens is 400 g/mol. The van der Waals surface area contributed by atoms with Crippen molar-refractivity contribution in [3.63, 3.8) is 0 Å². The Bertz CT molecular complexity index is 638. The van der Waals surface area contributed by atoms with Crippen LogP contribution in [0.5, 0.6) is 0 Å². The second-order valence-corrected chi connectivity index (χ2v) is 8.38. The zero-order valence-corrected chi connectivity index (χ0v) is 20.6. The Balaban J connectivity index is 3.59. The lowest BCUT2D eigenvalue weighted by Gasteiger charge is -2.19. The first kappa shape index (κ1) is 29.4. The number of carbonyl (C=O) groups excluding carboxylic acids is 2. The van der Waals surface area contributed by atoms with Gasteiger partial charge in [-0.1, -0.05) is 67.7 Å². The van der Waals surface area contributed by atoms with E-state index in [1.54, 1.807) is 0 Å². The smallest absolute Gasteiger partial charge is 0.407 e. The summed E-state index contributed by atoms with van der Waals surface area (Å²) in [5.74, 6) is 0.00309.